The van der Waals surface area contributed by atoms with Crippen LogP contribution < -0.4 is 5.73 Å². The number of piperidine rings is 1. The predicted octanol–water partition coefficient (Wildman–Crippen LogP) is 2.04. The van der Waals surface area contributed by atoms with E-state index >= 15 is 0 Å². The maximum Gasteiger partial charge on any atom is 0.243 e. The van der Waals surface area contributed by atoms with Gasteiger partial charge in [-0.05, 0) is 50.5 Å². The predicted molar refractivity (Wildman–Crippen MR) is 87.0 cm³/mol. The molecule has 0 saturated carbocycles. The summed E-state index contributed by atoms with van der Waals surface area (Å²) in [6, 6.07) is 7.11. The Hall–Kier alpha value is -1.50. The smallest absolute Gasteiger partial charge is 0.243 e. The van der Waals surface area contributed by atoms with Crippen LogP contribution in [0.2, 0.25) is 0 Å². The van der Waals surface area contributed by atoms with E-state index in [2.05, 4.69) is 4.98 Å². The summed E-state index contributed by atoms with van der Waals surface area (Å²) in [5.41, 5.74) is 7.66. The highest BCUT2D eigenvalue weighted by Gasteiger charge is 2.34. The Morgan fingerprint density at radius 2 is 2.09 bits per heavy atom. The highest BCUT2D eigenvalue weighted by atomic mass is 32.2. The average Bonchev–Trinajstić information content (AvgIpc) is 2.47. The normalized spacial score (nSPS) is 23.8. The fraction of sp³-hybridized carbons (Fsp3) is 0.438. The Labute approximate surface area is 131 Å². The largest absolute Gasteiger partial charge is 0.328 e. The number of benzene rings is 1. The minimum Gasteiger partial charge on any atom is -0.328 e. The zero-order valence-electron chi connectivity index (χ0n) is 12.9. The molecule has 6 heteroatoms. The SMILES string of the molecule is Cc1ccc(S(=O)(=O)N2CC[C@H](N)C[C@@H]2C)c2cccnc12. The van der Waals surface area contributed by atoms with Crippen molar-refractivity contribution in [1.82, 2.24) is 9.29 Å². The molecule has 0 spiro atoms. The van der Waals surface area contributed by atoms with E-state index in [1.807, 2.05) is 26.0 Å². The third kappa shape index (κ3) is 2.51. The van der Waals surface area contributed by atoms with Crippen LogP contribution in [-0.4, -0.2) is 36.3 Å². The molecule has 1 saturated heterocycles. The van der Waals surface area contributed by atoms with E-state index in [1.54, 1.807) is 22.6 Å². The molecular weight excluding hydrogens is 298 g/mol. The summed E-state index contributed by atoms with van der Waals surface area (Å²) >= 11 is 0. The van der Waals surface area contributed by atoms with Crippen molar-refractivity contribution in [3.63, 3.8) is 0 Å². The van der Waals surface area contributed by atoms with E-state index in [-0.39, 0.29) is 12.1 Å². The first kappa shape index (κ1) is 15.4. The van der Waals surface area contributed by atoms with Gasteiger partial charge in [0.1, 0.15) is 0 Å². The average molecular weight is 319 g/mol. The second-order valence-electron chi connectivity index (χ2n) is 6.03. The Kier molecular flexibility index (Phi) is 3.92. The molecule has 0 amide bonds. The van der Waals surface area contributed by atoms with Gasteiger partial charge in [-0.3, -0.25) is 4.98 Å². The summed E-state index contributed by atoms with van der Waals surface area (Å²) in [6.45, 7) is 4.33. The quantitative estimate of drug-likeness (QED) is 0.919. The summed E-state index contributed by atoms with van der Waals surface area (Å²) in [5.74, 6) is 0. The van der Waals surface area contributed by atoms with Crippen LogP contribution in [0, 0.1) is 6.92 Å². The molecule has 2 atom stereocenters. The minimum atomic E-state index is -3.54. The maximum absolute atomic E-state index is 13.1. The third-order valence-electron chi connectivity index (χ3n) is 4.37. The number of fused-ring (bicyclic) bond motifs is 1. The molecule has 3 rings (SSSR count). The van der Waals surface area contributed by atoms with Crippen LogP contribution in [0.3, 0.4) is 0 Å². The molecule has 0 bridgehead atoms. The van der Waals surface area contributed by atoms with Crippen molar-refractivity contribution >= 4 is 20.9 Å². The molecule has 1 aliphatic rings. The molecule has 2 N–H and O–H groups in total. The van der Waals surface area contributed by atoms with E-state index in [0.717, 1.165) is 11.1 Å². The van der Waals surface area contributed by atoms with E-state index in [1.165, 1.54) is 0 Å². The molecule has 1 aromatic heterocycles. The third-order valence-corrected chi connectivity index (χ3v) is 6.45. The number of hydrogen-bond donors (Lipinski definition) is 1. The van der Waals surface area contributed by atoms with Crippen LogP contribution in [0.25, 0.3) is 10.9 Å². The summed E-state index contributed by atoms with van der Waals surface area (Å²) < 4.78 is 27.8. The first-order valence-electron chi connectivity index (χ1n) is 7.53. The van der Waals surface area contributed by atoms with Crippen LogP contribution in [-0.2, 0) is 10.0 Å². The lowest BCUT2D eigenvalue weighted by Crippen LogP contribution is -2.48. The molecule has 5 nitrogen and oxygen atoms in total. The lowest BCUT2D eigenvalue weighted by atomic mass is 10.0. The molecule has 2 heterocycles. The van der Waals surface area contributed by atoms with Crippen molar-refractivity contribution in [2.75, 3.05) is 6.54 Å². The molecule has 0 unspecified atom stereocenters. The first-order valence-corrected chi connectivity index (χ1v) is 8.97. The number of nitrogens with zero attached hydrogens (tertiary/aromatic N) is 2. The number of nitrogens with two attached hydrogens (primary N) is 1. The van der Waals surface area contributed by atoms with E-state index in [9.17, 15) is 8.42 Å². The summed E-state index contributed by atoms with van der Waals surface area (Å²) in [5, 5.41) is 0.685. The highest BCUT2D eigenvalue weighted by Crippen LogP contribution is 2.30. The number of rotatable bonds is 2. The van der Waals surface area contributed by atoms with Gasteiger partial charge in [-0.1, -0.05) is 6.07 Å². The minimum absolute atomic E-state index is 0.0814. The molecule has 1 fully saturated rings. The Balaban J connectivity index is 2.12. The second-order valence-corrected chi connectivity index (χ2v) is 7.89. The molecule has 1 aromatic carbocycles. The van der Waals surface area contributed by atoms with Gasteiger partial charge in [0, 0.05) is 30.2 Å². The highest BCUT2D eigenvalue weighted by molar-refractivity contribution is 7.89. The lowest BCUT2D eigenvalue weighted by Gasteiger charge is -2.35. The fourth-order valence-corrected chi connectivity index (χ4v) is 5.02. The van der Waals surface area contributed by atoms with Crippen LogP contribution in [0.15, 0.2) is 35.4 Å². The van der Waals surface area contributed by atoms with Gasteiger partial charge >= 0.3 is 0 Å². The van der Waals surface area contributed by atoms with Crippen molar-refractivity contribution in [3.05, 3.63) is 36.0 Å². The van der Waals surface area contributed by atoms with Crippen molar-refractivity contribution < 1.29 is 8.42 Å². The Morgan fingerprint density at radius 1 is 1.32 bits per heavy atom. The van der Waals surface area contributed by atoms with Crippen molar-refractivity contribution in [2.24, 2.45) is 5.73 Å². The van der Waals surface area contributed by atoms with Crippen LogP contribution in [0.1, 0.15) is 25.3 Å². The molecule has 0 aliphatic carbocycles. The maximum atomic E-state index is 13.1. The van der Waals surface area contributed by atoms with Gasteiger partial charge in [-0.25, -0.2) is 8.42 Å². The topological polar surface area (TPSA) is 76.3 Å². The van der Waals surface area contributed by atoms with Crippen molar-refractivity contribution in [1.29, 1.82) is 0 Å². The zero-order valence-corrected chi connectivity index (χ0v) is 13.7. The number of aryl methyl sites for hydroxylation is 1. The lowest BCUT2D eigenvalue weighted by molar-refractivity contribution is 0.247. The standard InChI is InChI=1S/C16H21N3O2S/c1-11-5-6-15(14-4-3-8-18-16(11)14)22(20,21)19-9-7-13(17)10-12(19)2/h3-6,8,12-13H,7,9-10,17H2,1-2H3/t12-,13-/m0/s1. The van der Waals surface area contributed by atoms with Gasteiger partial charge in [0.15, 0.2) is 0 Å². The number of sulfonamides is 1. The fourth-order valence-electron chi connectivity index (χ4n) is 3.18. The Morgan fingerprint density at radius 3 is 2.82 bits per heavy atom. The number of pyridine rings is 1. The van der Waals surface area contributed by atoms with Crippen LogP contribution in [0.5, 0.6) is 0 Å². The monoisotopic (exact) mass is 319 g/mol. The van der Waals surface area contributed by atoms with Gasteiger partial charge in [0.25, 0.3) is 0 Å². The summed E-state index contributed by atoms with van der Waals surface area (Å²) in [7, 11) is -3.54. The molecule has 22 heavy (non-hydrogen) atoms. The van der Waals surface area contributed by atoms with Gasteiger partial charge in [-0.15, -0.1) is 0 Å². The molecule has 0 radical (unpaired) electrons. The van der Waals surface area contributed by atoms with Gasteiger partial charge in [0.05, 0.1) is 10.4 Å². The summed E-state index contributed by atoms with van der Waals surface area (Å²) in [6.07, 6.45) is 3.08. The van der Waals surface area contributed by atoms with E-state index in [0.29, 0.717) is 29.7 Å². The molecule has 118 valence electrons. The van der Waals surface area contributed by atoms with E-state index < -0.39 is 10.0 Å². The number of aromatic nitrogens is 1. The van der Waals surface area contributed by atoms with E-state index in [4.69, 9.17) is 5.73 Å². The Bertz CT molecular complexity index is 804. The van der Waals surface area contributed by atoms with Crippen molar-refractivity contribution in [3.8, 4) is 0 Å². The molecule has 1 aliphatic heterocycles. The zero-order chi connectivity index (χ0) is 15.9. The van der Waals surface area contributed by atoms with Gasteiger partial charge < -0.3 is 5.73 Å². The van der Waals surface area contributed by atoms with Gasteiger partial charge in [0.2, 0.25) is 10.0 Å². The first-order chi connectivity index (χ1) is 10.4. The molecule has 2 aromatic rings. The molecular formula is C16H21N3O2S. The summed E-state index contributed by atoms with van der Waals surface area (Å²) in [4.78, 5) is 4.66. The number of hydrogen-bond acceptors (Lipinski definition) is 4. The van der Waals surface area contributed by atoms with Crippen LogP contribution >= 0.6 is 0 Å². The van der Waals surface area contributed by atoms with Gasteiger partial charge in [-0.2, -0.15) is 4.31 Å². The van der Waals surface area contributed by atoms with Crippen molar-refractivity contribution in [2.45, 2.75) is 43.7 Å². The second kappa shape index (κ2) is 5.61. The van der Waals surface area contributed by atoms with Crippen LogP contribution in [0.4, 0.5) is 0 Å².